The van der Waals surface area contributed by atoms with Crippen molar-refractivity contribution < 1.29 is 23.1 Å². The van der Waals surface area contributed by atoms with Gasteiger partial charge in [0.25, 0.3) is 10.2 Å². The van der Waals surface area contributed by atoms with Gasteiger partial charge in [-0.3, -0.25) is 4.79 Å². The molecule has 7 nitrogen and oxygen atoms in total. The van der Waals surface area contributed by atoms with E-state index in [0.717, 1.165) is 0 Å². The average molecular weight is 266 g/mol. The monoisotopic (exact) mass is 266 g/mol. The predicted molar refractivity (Wildman–Crippen MR) is 60.8 cm³/mol. The zero-order valence-electron chi connectivity index (χ0n) is 9.76. The predicted octanol–water partition coefficient (Wildman–Crippen LogP) is -0.594. The molecule has 0 aliphatic carbocycles. The summed E-state index contributed by atoms with van der Waals surface area (Å²) >= 11 is 0. The van der Waals surface area contributed by atoms with Crippen LogP contribution < -0.4 is 4.72 Å². The number of carboxylic acids is 1. The smallest absolute Gasteiger partial charge is 0.303 e. The fourth-order valence-corrected chi connectivity index (χ4v) is 2.92. The largest absolute Gasteiger partial charge is 0.481 e. The second-order valence-electron chi connectivity index (χ2n) is 3.97. The van der Waals surface area contributed by atoms with Crippen molar-refractivity contribution in [3.05, 3.63) is 0 Å². The molecule has 1 atom stereocenters. The molecule has 0 aromatic carbocycles. The summed E-state index contributed by atoms with van der Waals surface area (Å²) < 4.78 is 32.5. The second kappa shape index (κ2) is 6.29. The molecule has 1 saturated heterocycles. The molecule has 0 spiro atoms. The van der Waals surface area contributed by atoms with Crippen LogP contribution in [-0.2, 0) is 19.7 Å². The topological polar surface area (TPSA) is 95.9 Å². The second-order valence-corrected chi connectivity index (χ2v) is 5.67. The fraction of sp³-hybridized carbons (Fsp3) is 0.889. The maximum atomic E-state index is 11.9. The summed E-state index contributed by atoms with van der Waals surface area (Å²) in [5, 5.41) is 8.51. The molecule has 1 aliphatic heterocycles. The summed E-state index contributed by atoms with van der Waals surface area (Å²) in [5.74, 6) is -0.928. The van der Waals surface area contributed by atoms with E-state index >= 15 is 0 Å². The molecule has 1 fully saturated rings. The Morgan fingerprint density at radius 1 is 1.47 bits per heavy atom. The Kier molecular flexibility index (Phi) is 5.31. The first-order valence-corrected chi connectivity index (χ1v) is 6.93. The zero-order chi connectivity index (χ0) is 12.9. The number of rotatable bonds is 6. The average Bonchev–Trinajstić information content (AvgIpc) is 2.27. The van der Waals surface area contributed by atoms with Crippen molar-refractivity contribution in [2.24, 2.45) is 0 Å². The molecule has 0 saturated carbocycles. The molecular formula is C9H18N2O5S. The lowest BCUT2D eigenvalue weighted by Crippen LogP contribution is -2.49. The van der Waals surface area contributed by atoms with Crippen LogP contribution >= 0.6 is 0 Å². The van der Waals surface area contributed by atoms with Gasteiger partial charge in [0.2, 0.25) is 0 Å². The lowest BCUT2D eigenvalue weighted by molar-refractivity contribution is -0.137. The third-order valence-electron chi connectivity index (χ3n) is 2.45. The normalized spacial score (nSPS) is 20.1. The van der Waals surface area contributed by atoms with Crippen LogP contribution in [0.1, 0.15) is 19.8 Å². The number of carboxylic acid groups (broad SMARTS) is 1. The van der Waals surface area contributed by atoms with E-state index < -0.39 is 16.2 Å². The molecule has 0 bridgehead atoms. The molecular weight excluding hydrogens is 248 g/mol. The Morgan fingerprint density at radius 3 is 2.59 bits per heavy atom. The van der Waals surface area contributed by atoms with E-state index in [1.54, 1.807) is 6.92 Å². The van der Waals surface area contributed by atoms with Crippen molar-refractivity contribution in [1.29, 1.82) is 0 Å². The standard InChI is InChI=1S/C9H18N2O5S/c1-8(2-3-9(12)13)10-17(14,15)11-4-6-16-7-5-11/h8,10H,2-7H2,1H3,(H,12,13). The van der Waals surface area contributed by atoms with Crippen LogP contribution in [-0.4, -0.2) is 56.1 Å². The third-order valence-corrected chi connectivity index (χ3v) is 4.20. The highest BCUT2D eigenvalue weighted by Gasteiger charge is 2.25. The number of hydrogen-bond donors (Lipinski definition) is 2. The number of nitrogens with zero attached hydrogens (tertiary/aromatic N) is 1. The van der Waals surface area contributed by atoms with E-state index in [-0.39, 0.29) is 18.9 Å². The van der Waals surface area contributed by atoms with Crippen molar-refractivity contribution in [3.8, 4) is 0 Å². The molecule has 0 radical (unpaired) electrons. The molecule has 17 heavy (non-hydrogen) atoms. The highest BCUT2D eigenvalue weighted by Crippen LogP contribution is 2.06. The summed E-state index contributed by atoms with van der Waals surface area (Å²) in [5.41, 5.74) is 0. The minimum Gasteiger partial charge on any atom is -0.481 e. The van der Waals surface area contributed by atoms with Gasteiger partial charge in [-0.1, -0.05) is 0 Å². The molecule has 1 heterocycles. The Hall–Kier alpha value is -0.700. The Morgan fingerprint density at radius 2 is 2.06 bits per heavy atom. The zero-order valence-corrected chi connectivity index (χ0v) is 10.6. The molecule has 0 amide bonds. The highest BCUT2D eigenvalue weighted by atomic mass is 32.2. The highest BCUT2D eigenvalue weighted by molar-refractivity contribution is 7.87. The maximum Gasteiger partial charge on any atom is 0.303 e. The summed E-state index contributed by atoms with van der Waals surface area (Å²) in [6.07, 6.45) is 0.228. The molecule has 8 heteroatoms. The van der Waals surface area contributed by atoms with Crippen LogP contribution in [0.2, 0.25) is 0 Å². The van der Waals surface area contributed by atoms with Crippen molar-refractivity contribution in [3.63, 3.8) is 0 Å². The number of aliphatic carboxylic acids is 1. The summed E-state index contributed by atoms with van der Waals surface area (Å²) in [7, 11) is -3.52. The van der Waals surface area contributed by atoms with Gasteiger partial charge >= 0.3 is 5.97 Å². The number of ether oxygens (including phenoxy) is 1. The van der Waals surface area contributed by atoms with E-state index in [0.29, 0.717) is 26.3 Å². The van der Waals surface area contributed by atoms with Crippen LogP contribution in [0.15, 0.2) is 0 Å². The van der Waals surface area contributed by atoms with Crippen molar-refractivity contribution >= 4 is 16.2 Å². The fourth-order valence-electron chi connectivity index (χ4n) is 1.51. The summed E-state index contributed by atoms with van der Waals surface area (Å²) in [6, 6.07) is -0.390. The SMILES string of the molecule is CC(CCC(=O)O)NS(=O)(=O)N1CCOCC1. The number of hydrogen-bond acceptors (Lipinski definition) is 4. The Labute approximate surface area is 101 Å². The molecule has 1 aliphatic rings. The third kappa shape index (κ3) is 4.99. The minimum absolute atomic E-state index is 0.0488. The van der Waals surface area contributed by atoms with Crippen LogP contribution in [0.4, 0.5) is 0 Å². The van der Waals surface area contributed by atoms with Gasteiger partial charge in [-0.25, -0.2) is 0 Å². The van der Waals surface area contributed by atoms with Gasteiger partial charge in [0.1, 0.15) is 0 Å². The van der Waals surface area contributed by atoms with Crippen LogP contribution in [0.3, 0.4) is 0 Å². The van der Waals surface area contributed by atoms with Crippen LogP contribution in [0.25, 0.3) is 0 Å². The van der Waals surface area contributed by atoms with Gasteiger partial charge < -0.3 is 9.84 Å². The van der Waals surface area contributed by atoms with E-state index in [1.165, 1.54) is 4.31 Å². The molecule has 1 unspecified atom stereocenters. The summed E-state index contributed by atoms with van der Waals surface area (Å²) in [4.78, 5) is 10.4. The van der Waals surface area contributed by atoms with Gasteiger partial charge in [-0.15, -0.1) is 0 Å². The van der Waals surface area contributed by atoms with E-state index in [9.17, 15) is 13.2 Å². The lowest BCUT2D eigenvalue weighted by atomic mass is 10.2. The van der Waals surface area contributed by atoms with Crippen molar-refractivity contribution in [1.82, 2.24) is 9.03 Å². The Bertz CT molecular complexity index is 350. The molecule has 2 N–H and O–H groups in total. The molecule has 0 aromatic heterocycles. The van der Waals surface area contributed by atoms with Gasteiger partial charge in [-0.05, 0) is 13.3 Å². The van der Waals surface area contributed by atoms with Crippen LogP contribution in [0, 0.1) is 0 Å². The molecule has 0 aromatic rings. The lowest BCUT2D eigenvalue weighted by Gasteiger charge is -2.27. The van der Waals surface area contributed by atoms with Gasteiger partial charge in [0.05, 0.1) is 13.2 Å². The van der Waals surface area contributed by atoms with Crippen LogP contribution in [0.5, 0.6) is 0 Å². The van der Waals surface area contributed by atoms with Gasteiger partial charge in [0.15, 0.2) is 0 Å². The number of carbonyl (C=O) groups is 1. The Balaban J connectivity index is 2.44. The van der Waals surface area contributed by atoms with Gasteiger partial charge in [0, 0.05) is 25.6 Å². The van der Waals surface area contributed by atoms with Crippen molar-refractivity contribution in [2.75, 3.05) is 26.3 Å². The first kappa shape index (κ1) is 14.4. The van der Waals surface area contributed by atoms with Crippen molar-refractivity contribution in [2.45, 2.75) is 25.8 Å². The number of nitrogens with one attached hydrogen (secondary N) is 1. The number of morpholine rings is 1. The maximum absolute atomic E-state index is 11.9. The van der Waals surface area contributed by atoms with E-state index in [2.05, 4.69) is 4.72 Å². The minimum atomic E-state index is -3.52. The van der Waals surface area contributed by atoms with E-state index in [1.807, 2.05) is 0 Å². The first-order valence-electron chi connectivity index (χ1n) is 5.49. The molecule has 100 valence electrons. The van der Waals surface area contributed by atoms with Gasteiger partial charge in [-0.2, -0.15) is 17.4 Å². The summed E-state index contributed by atoms with van der Waals surface area (Å²) in [6.45, 7) is 3.11. The quantitative estimate of drug-likeness (QED) is 0.669. The molecule has 1 rings (SSSR count). The first-order chi connectivity index (χ1) is 7.92. The van der Waals surface area contributed by atoms with E-state index in [4.69, 9.17) is 9.84 Å².